The summed E-state index contributed by atoms with van der Waals surface area (Å²) < 4.78 is 4.86. The smallest absolute Gasteiger partial charge is 0.102 e. The zero-order valence-electron chi connectivity index (χ0n) is 5.45. The number of nitrogens with zero attached hydrogens (tertiary/aromatic N) is 1. The van der Waals surface area contributed by atoms with E-state index in [4.69, 9.17) is 4.74 Å². The molecule has 0 aliphatic carbocycles. The molecule has 1 aliphatic rings. The van der Waals surface area contributed by atoms with Crippen molar-refractivity contribution in [3.63, 3.8) is 0 Å². The first-order valence-corrected chi connectivity index (χ1v) is 2.84. The average Bonchev–Trinajstić information content (AvgIpc) is 1.65. The van der Waals surface area contributed by atoms with Crippen molar-refractivity contribution in [1.82, 2.24) is 0 Å². The number of hydrogen-bond donors (Lipinski definition) is 0. The third kappa shape index (κ3) is 3.27. The van der Waals surface area contributed by atoms with Gasteiger partial charge in [0.2, 0.25) is 0 Å². The van der Waals surface area contributed by atoms with Crippen LogP contribution in [0.1, 0.15) is 0 Å². The summed E-state index contributed by atoms with van der Waals surface area (Å²) in [4.78, 5) is 0. The number of rotatable bonds is 0. The Morgan fingerprint density at radius 1 is 1.33 bits per heavy atom. The van der Waals surface area contributed by atoms with Crippen LogP contribution in [-0.2, 0) is 24.5 Å². The molecule has 0 aromatic heterocycles. The maximum absolute atomic E-state index is 11.0. The Labute approximate surface area is 68.2 Å². The van der Waals surface area contributed by atoms with E-state index < -0.39 is 0 Å². The normalized spacial score (nSPS) is 24.7. The van der Waals surface area contributed by atoms with E-state index in [-0.39, 0.29) is 24.4 Å². The molecule has 0 aromatic rings. The van der Waals surface area contributed by atoms with Crippen molar-refractivity contribution in [2.24, 2.45) is 0 Å². The van der Waals surface area contributed by atoms with Gasteiger partial charge in [-0.2, -0.15) is 0 Å². The van der Waals surface area contributed by atoms with Crippen LogP contribution < -0.4 is 0 Å². The van der Waals surface area contributed by atoms with Crippen LogP contribution in [0.3, 0.4) is 0 Å². The molecular formula is C5H11NO2Os. The zero-order chi connectivity index (χ0) is 6.04. The Bertz CT molecular complexity index is 79.0. The van der Waals surface area contributed by atoms with Crippen molar-refractivity contribution >= 4 is 0 Å². The van der Waals surface area contributed by atoms with Crippen molar-refractivity contribution in [2.45, 2.75) is 0 Å². The molecule has 0 atom stereocenters. The Hall–Kier alpha value is 0.516. The number of hydrogen-bond acceptors (Lipinski definition) is 2. The van der Waals surface area contributed by atoms with E-state index in [1.54, 1.807) is 7.05 Å². The Kier molecular flexibility index (Phi) is 3.84. The molecule has 56 valence electrons. The summed E-state index contributed by atoms with van der Waals surface area (Å²) in [7, 11) is 1.68. The molecule has 0 aromatic carbocycles. The molecule has 0 spiro atoms. The van der Waals surface area contributed by atoms with Gasteiger partial charge in [0.25, 0.3) is 0 Å². The predicted octanol–water partition coefficient (Wildman–Crippen LogP) is -0.0415. The molecule has 0 saturated carbocycles. The van der Waals surface area contributed by atoms with Crippen LogP contribution in [0.4, 0.5) is 0 Å². The Morgan fingerprint density at radius 2 is 1.78 bits per heavy atom. The molecule has 3 nitrogen and oxygen atoms in total. The van der Waals surface area contributed by atoms with Gasteiger partial charge in [0.1, 0.15) is 13.1 Å². The molecule has 0 amide bonds. The van der Waals surface area contributed by atoms with Crippen molar-refractivity contribution in [3.05, 3.63) is 5.21 Å². The van der Waals surface area contributed by atoms with E-state index in [9.17, 15) is 5.21 Å². The number of quaternary nitrogens is 1. The van der Waals surface area contributed by atoms with Crippen LogP contribution in [0.5, 0.6) is 0 Å². The molecule has 1 rings (SSSR count). The van der Waals surface area contributed by atoms with Gasteiger partial charge in [0.15, 0.2) is 0 Å². The molecule has 0 radical (unpaired) electrons. The van der Waals surface area contributed by atoms with Gasteiger partial charge in [-0.1, -0.05) is 0 Å². The molecule has 1 heterocycles. The Balaban J connectivity index is 0.000000640. The van der Waals surface area contributed by atoms with Gasteiger partial charge < -0.3 is 14.6 Å². The Morgan fingerprint density at radius 3 is 2.00 bits per heavy atom. The molecular weight excluding hydrogens is 296 g/mol. The van der Waals surface area contributed by atoms with Gasteiger partial charge in [-0.05, 0) is 0 Å². The van der Waals surface area contributed by atoms with Crippen LogP contribution in [0.2, 0.25) is 0 Å². The third-order valence-corrected chi connectivity index (χ3v) is 1.42. The van der Waals surface area contributed by atoms with Gasteiger partial charge in [0, 0.05) is 19.8 Å². The second-order valence-electron chi connectivity index (χ2n) is 2.36. The van der Waals surface area contributed by atoms with Crippen LogP contribution in [-0.4, -0.2) is 38.0 Å². The van der Waals surface area contributed by atoms with E-state index in [0.29, 0.717) is 26.3 Å². The summed E-state index contributed by atoms with van der Waals surface area (Å²) in [5.74, 6) is 0. The molecule has 1 saturated heterocycles. The first kappa shape index (κ1) is 9.52. The summed E-state index contributed by atoms with van der Waals surface area (Å²) in [6.07, 6.45) is 0. The fourth-order valence-electron chi connectivity index (χ4n) is 0.729. The third-order valence-electron chi connectivity index (χ3n) is 1.42. The van der Waals surface area contributed by atoms with Crippen LogP contribution in [0.15, 0.2) is 0 Å². The van der Waals surface area contributed by atoms with E-state index in [2.05, 4.69) is 0 Å². The van der Waals surface area contributed by atoms with E-state index in [0.717, 1.165) is 0 Å². The number of hydroxylamine groups is 3. The van der Waals surface area contributed by atoms with Crippen LogP contribution in [0, 0.1) is 5.21 Å². The molecule has 4 heteroatoms. The molecule has 0 bridgehead atoms. The summed E-state index contributed by atoms with van der Waals surface area (Å²) in [6.45, 7) is 2.47. The van der Waals surface area contributed by atoms with E-state index >= 15 is 0 Å². The standard InChI is InChI=1S/C5H11NO2.Os/c1-6(7)2-4-8-5-3-6;/h2-5H2,1H3;. The summed E-state index contributed by atoms with van der Waals surface area (Å²) in [5, 5.41) is 11.0. The van der Waals surface area contributed by atoms with Gasteiger partial charge in [-0.15, -0.1) is 0 Å². The maximum atomic E-state index is 11.0. The van der Waals surface area contributed by atoms with Crippen LogP contribution in [0.25, 0.3) is 0 Å². The minimum absolute atomic E-state index is 0. The van der Waals surface area contributed by atoms with Crippen molar-refractivity contribution < 1.29 is 29.2 Å². The van der Waals surface area contributed by atoms with Crippen LogP contribution >= 0.6 is 0 Å². The first-order chi connectivity index (χ1) is 3.71. The monoisotopic (exact) mass is 309 g/mol. The van der Waals surface area contributed by atoms with Crippen molar-refractivity contribution in [2.75, 3.05) is 33.4 Å². The average molecular weight is 307 g/mol. The number of ether oxygens (including phenoxy) is 1. The summed E-state index contributed by atoms with van der Waals surface area (Å²) in [6, 6.07) is 0. The van der Waals surface area contributed by atoms with Crippen molar-refractivity contribution in [1.29, 1.82) is 0 Å². The first-order valence-electron chi connectivity index (χ1n) is 2.84. The number of morpholine rings is 1. The fourth-order valence-corrected chi connectivity index (χ4v) is 0.729. The van der Waals surface area contributed by atoms with E-state index in [1.165, 1.54) is 0 Å². The minimum atomic E-state index is -0.125. The molecule has 1 fully saturated rings. The largest absolute Gasteiger partial charge is 0.633 e. The second-order valence-corrected chi connectivity index (χ2v) is 2.36. The fraction of sp³-hybridized carbons (Fsp3) is 1.00. The SMILES string of the molecule is C[N+]1([O-])CCOCC1.[Os]. The topological polar surface area (TPSA) is 32.3 Å². The number of likely N-dealkylation sites (N-methyl/N-ethyl adjacent to an activating group) is 1. The molecule has 0 N–H and O–H groups in total. The van der Waals surface area contributed by atoms with Gasteiger partial charge >= 0.3 is 0 Å². The molecule has 1 aliphatic heterocycles. The van der Waals surface area contributed by atoms with Gasteiger partial charge in [-0.3, -0.25) is 0 Å². The van der Waals surface area contributed by atoms with E-state index in [1.807, 2.05) is 0 Å². The van der Waals surface area contributed by atoms with Gasteiger partial charge in [-0.25, -0.2) is 0 Å². The quantitative estimate of drug-likeness (QED) is 0.465. The zero-order valence-corrected chi connectivity index (χ0v) is 7.99. The maximum Gasteiger partial charge on any atom is 0.102 e. The molecule has 9 heavy (non-hydrogen) atoms. The van der Waals surface area contributed by atoms with Crippen molar-refractivity contribution in [3.8, 4) is 0 Å². The minimum Gasteiger partial charge on any atom is -0.633 e. The second kappa shape index (κ2) is 3.63. The summed E-state index contributed by atoms with van der Waals surface area (Å²) >= 11 is 0. The van der Waals surface area contributed by atoms with Gasteiger partial charge in [0.05, 0.1) is 20.3 Å². The predicted molar refractivity (Wildman–Crippen MR) is 30.1 cm³/mol. The summed E-state index contributed by atoms with van der Waals surface area (Å²) in [5.41, 5.74) is 0. The molecule has 0 unspecified atom stereocenters.